The Labute approximate surface area is 176 Å². The largest absolute Gasteiger partial charge is 0.496 e. The van der Waals surface area contributed by atoms with Gasteiger partial charge in [-0.15, -0.1) is 0 Å². The third-order valence-electron chi connectivity index (χ3n) is 5.31. The van der Waals surface area contributed by atoms with E-state index in [9.17, 15) is 14.4 Å². The van der Waals surface area contributed by atoms with Crippen molar-refractivity contribution in [1.82, 2.24) is 9.80 Å². The van der Waals surface area contributed by atoms with Crippen molar-refractivity contribution in [1.29, 1.82) is 0 Å². The van der Waals surface area contributed by atoms with Crippen LogP contribution in [0.25, 0.3) is 0 Å². The average Bonchev–Trinajstić information content (AvgIpc) is 2.75. The summed E-state index contributed by atoms with van der Waals surface area (Å²) in [5, 5.41) is 0.470. The lowest BCUT2D eigenvalue weighted by Gasteiger charge is -2.34. The Morgan fingerprint density at radius 3 is 2.45 bits per heavy atom. The van der Waals surface area contributed by atoms with E-state index < -0.39 is 0 Å². The number of piperidine rings is 1. The lowest BCUT2D eigenvalue weighted by atomic mass is 9.94. The van der Waals surface area contributed by atoms with E-state index in [0.29, 0.717) is 55.4 Å². The van der Waals surface area contributed by atoms with Crippen LogP contribution in [0.5, 0.6) is 5.75 Å². The number of amides is 2. The Balaban J connectivity index is 1.99. The summed E-state index contributed by atoms with van der Waals surface area (Å²) in [6.45, 7) is 5.47. The summed E-state index contributed by atoms with van der Waals surface area (Å²) in [6.07, 6.45) is 1.16. The lowest BCUT2D eigenvalue weighted by Crippen LogP contribution is -2.46. The van der Waals surface area contributed by atoms with Gasteiger partial charge >= 0.3 is 5.97 Å². The molecular weight excluding hydrogens is 396 g/mol. The molecule has 0 bridgehead atoms. The molecule has 0 N–H and O–H groups in total. The maximum atomic E-state index is 12.9. The fourth-order valence-electron chi connectivity index (χ4n) is 3.59. The number of halogens is 1. The summed E-state index contributed by atoms with van der Waals surface area (Å²) in [5.41, 5.74) is 0.423. The molecule has 0 radical (unpaired) electrons. The molecule has 1 aliphatic rings. The summed E-state index contributed by atoms with van der Waals surface area (Å²) in [7, 11) is 2.86. The number of ether oxygens (including phenoxy) is 2. The number of nitrogens with zero attached hydrogens (tertiary/aromatic N) is 2. The van der Waals surface area contributed by atoms with Gasteiger partial charge in [-0.1, -0.05) is 18.5 Å². The number of carbonyl (C=O) groups excluding carboxylic acids is 3. The first kappa shape index (κ1) is 23.0. The van der Waals surface area contributed by atoms with Gasteiger partial charge in [0.25, 0.3) is 5.91 Å². The van der Waals surface area contributed by atoms with Crippen molar-refractivity contribution in [3.05, 3.63) is 28.8 Å². The van der Waals surface area contributed by atoms with Crippen molar-refractivity contribution in [2.75, 3.05) is 40.4 Å². The van der Waals surface area contributed by atoms with E-state index in [-0.39, 0.29) is 29.6 Å². The molecule has 160 valence electrons. The van der Waals surface area contributed by atoms with Gasteiger partial charge in [0.15, 0.2) is 0 Å². The molecule has 0 saturated carbocycles. The second kappa shape index (κ2) is 10.5. The van der Waals surface area contributed by atoms with Crippen molar-refractivity contribution in [2.24, 2.45) is 11.8 Å². The zero-order valence-electron chi connectivity index (χ0n) is 17.4. The minimum atomic E-state index is -0.374. The second-order valence-electron chi connectivity index (χ2n) is 7.21. The normalized spacial score (nSPS) is 15.6. The number of likely N-dealkylation sites (tertiary alicyclic amines) is 1. The predicted octanol–water partition coefficient (Wildman–Crippen LogP) is 2.86. The van der Waals surface area contributed by atoms with Gasteiger partial charge < -0.3 is 19.3 Å². The highest BCUT2D eigenvalue weighted by atomic mass is 35.5. The van der Waals surface area contributed by atoms with E-state index >= 15 is 0 Å². The smallest absolute Gasteiger partial charge is 0.310 e. The summed E-state index contributed by atoms with van der Waals surface area (Å²) in [5.74, 6) is -0.512. The SMILES string of the molecule is CCN(CC(C)C(=O)OC)C(=O)C1CCN(C(=O)c2cc(Cl)ccc2OC)CC1. The molecule has 0 aliphatic carbocycles. The molecule has 0 spiro atoms. The number of rotatable bonds is 7. The summed E-state index contributed by atoms with van der Waals surface area (Å²) in [4.78, 5) is 40.9. The molecule has 1 atom stereocenters. The van der Waals surface area contributed by atoms with E-state index in [4.69, 9.17) is 21.1 Å². The molecule has 1 unspecified atom stereocenters. The first-order valence-corrected chi connectivity index (χ1v) is 10.2. The second-order valence-corrected chi connectivity index (χ2v) is 7.65. The van der Waals surface area contributed by atoms with Crippen molar-refractivity contribution < 1.29 is 23.9 Å². The Bertz CT molecular complexity index is 747. The van der Waals surface area contributed by atoms with E-state index in [1.165, 1.54) is 14.2 Å². The monoisotopic (exact) mass is 424 g/mol. The van der Waals surface area contributed by atoms with Gasteiger partial charge in [0, 0.05) is 37.1 Å². The molecular formula is C21H29ClN2O5. The molecule has 1 saturated heterocycles. The molecule has 2 rings (SSSR count). The molecule has 7 nitrogen and oxygen atoms in total. The first-order valence-electron chi connectivity index (χ1n) is 9.81. The van der Waals surface area contributed by atoms with Crippen LogP contribution < -0.4 is 4.74 Å². The zero-order valence-corrected chi connectivity index (χ0v) is 18.2. The van der Waals surface area contributed by atoms with Crippen LogP contribution >= 0.6 is 11.6 Å². The lowest BCUT2D eigenvalue weighted by molar-refractivity contribution is -0.147. The fourth-order valence-corrected chi connectivity index (χ4v) is 3.76. The van der Waals surface area contributed by atoms with Crippen LogP contribution in [0.3, 0.4) is 0 Å². The number of benzene rings is 1. The van der Waals surface area contributed by atoms with Crippen LogP contribution in [0.1, 0.15) is 37.0 Å². The molecule has 1 aromatic carbocycles. The third-order valence-corrected chi connectivity index (χ3v) is 5.55. The molecule has 1 heterocycles. The van der Waals surface area contributed by atoms with Crippen molar-refractivity contribution in [2.45, 2.75) is 26.7 Å². The quantitative estimate of drug-likeness (QED) is 0.629. The van der Waals surface area contributed by atoms with Crippen LogP contribution in [-0.4, -0.2) is 68.0 Å². The van der Waals surface area contributed by atoms with Gasteiger partial charge in [0.1, 0.15) is 5.75 Å². The van der Waals surface area contributed by atoms with Crippen molar-refractivity contribution >= 4 is 29.4 Å². The molecule has 0 aromatic heterocycles. The van der Waals surface area contributed by atoms with E-state index in [0.717, 1.165) is 0 Å². The van der Waals surface area contributed by atoms with Crippen LogP contribution in [0.4, 0.5) is 0 Å². The van der Waals surface area contributed by atoms with E-state index in [1.807, 2.05) is 6.92 Å². The Morgan fingerprint density at radius 1 is 1.24 bits per heavy atom. The molecule has 29 heavy (non-hydrogen) atoms. The number of carbonyl (C=O) groups is 3. The molecule has 1 aliphatic heterocycles. The maximum Gasteiger partial charge on any atom is 0.310 e. The first-order chi connectivity index (χ1) is 13.8. The Kier molecular flexibility index (Phi) is 8.32. The summed E-state index contributed by atoms with van der Waals surface area (Å²) in [6, 6.07) is 4.96. The number of hydrogen-bond donors (Lipinski definition) is 0. The number of hydrogen-bond acceptors (Lipinski definition) is 5. The number of methoxy groups -OCH3 is 2. The number of esters is 1. The van der Waals surface area contributed by atoms with E-state index in [1.54, 1.807) is 34.9 Å². The van der Waals surface area contributed by atoms with Crippen molar-refractivity contribution in [3.63, 3.8) is 0 Å². The minimum absolute atomic E-state index is 0.0238. The highest BCUT2D eigenvalue weighted by Gasteiger charge is 2.32. The van der Waals surface area contributed by atoms with Gasteiger partial charge in [0.2, 0.25) is 5.91 Å². The van der Waals surface area contributed by atoms with Crippen molar-refractivity contribution in [3.8, 4) is 5.75 Å². The standard InChI is InChI=1S/C21H29ClN2O5/c1-5-23(13-14(2)21(27)29-4)19(25)15-8-10-24(11-9-15)20(26)17-12-16(22)6-7-18(17)28-3/h6-7,12,14-15H,5,8-11,13H2,1-4H3. The van der Waals surface area contributed by atoms with Crippen LogP contribution in [0.2, 0.25) is 5.02 Å². The van der Waals surface area contributed by atoms with Crippen LogP contribution in [-0.2, 0) is 14.3 Å². The van der Waals surface area contributed by atoms with Gasteiger partial charge in [-0.25, -0.2) is 0 Å². The fraction of sp³-hybridized carbons (Fsp3) is 0.571. The summed E-state index contributed by atoms with van der Waals surface area (Å²) < 4.78 is 10.0. The van der Waals surface area contributed by atoms with Crippen LogP contribution in [0.15, 0.2) is 18.2 Å². The van der Waals surface area contributed by atoms with Gasteiger partial charge in [-0.2, -0.15) is 0 Å². The molecule has 1 fully saturated rings. The minimum Gasteiger partial charge on any atom is -0.496 e. The average molecular weight is 425 g/mol. The van der Waals surface area contributed by atoms with Gasteiger partial charge in [-0.05, 0) is 38.0 Å². The maximum absolute atomic E-state index is 12.9. The zero-order chi connectivity index (χ0) is 21.6. The molecule has 8 heteroatoms. The molecule has 2 amide bonds. The van der Waals surface area contributed by atoms with E-state index in [2.05, 4.69) is 0 Å². The van der Waals surface area contributed by atoms with Gasteiger partial charge in [-0.3, -0.25) is 14.4 Å². The predicted molar refractivity (Wildman–Crippen MR) is 110 cm³/mol. The Morgan fingerprint density at radius 2 is 1.90 bits per heavy atom. The summed E-state index contributed by atoms with van der Waals surface area (Å²) >= 11 is 6.04. The molecule has 1 aromatic rings. The van der Waals surface area contributed by atoms with Crippen LogP contribution in [0, 0.1) is 11.8 Å². The highest BCUT2D eigenvalue weighted by Crippen LogP contribution is 2.27. The topological polar surface area (TPSA) is 76.2 Å². The Hall–Kier alpha value is -2.28. The van der Waals surface area contributed by atoms with Gasteiger partial charge in [0.05, 0.1) is 25.7 Å². The highest BCUT2D eigenvalue weighted by molar-refractivity contribution is 6.31. The third kappa shape index (κ3) is 5.63.